The van der Waals surface area contributed by atoms with Crippen LogP contribution in [0, 0.1) is 10.1 Å². The minimum Gasteiger partial charge on any atom is -0.493 e. The number of non-ortho nitro benzene ring substituents is 1. The summed E-state index contributed by atoms with van der Waals surface area (Å²) in [6.45, 7) is 0.992. The lowest BCUT2D eigenvalue weighted by molar-refractivity contribution is -0.384. The second-order valence-corrected chi connectivity index (χ2v) is 4.50. The SMILES string of the molecule is CNCc1cc([N+](=O)[O-])ccc1OCCc1ccccn1. The van der Waals surface area contributed by atoms with Gasteiger partial charge in [-0.2, -0.15) is 0 Å². The van der Waals surface area contributed by atoms with Gasteiger partial charge in [0, 0.05) is 42.6 Å². The summed E-state index contributed by atoms with van der Waals surface area (Å²) in [4.78, 5) is 14.6. The summed E-state index contributed by atoms with van der Waals surface area (Å²) in [5.41, 5.74) is 1.79. The number of nitrogens with one attached hydrogen (secondary N) is 1. The van der Waals surface area contributed by atoms with E-state index in [9.17, 15) is 10.1 Å². The van der Waals surface area contributed by atoms with E-state index in [1.165, 1.54) is 12.1 Å². The second kappa shape index (κ2) is 7.35. The molecule has 0 atom stereocenters. The van der Waals surface area contributed by atoms with Crippen LogP contribution in [0.2, 0.25) is 0 Å². The van der Waals surface area contributed by atoms with E-state index in [0.29, 0.717) is 25.3 Å². The van der Waals surface area contributed by atoms with Crippen molar-refractivity contribution >= 4 is 5.69 Å². The van der Waals surface area contributed by atoms with Crippen LogP contribution in [0.5, 0.6) is 5.75 Å². The first-order valence-corrected chi connectivity index (χ1v) is 6.65. The molecule has 0 amide bonds. The van der Waals surface area contributed by atoms with Gasteiger partial charge in [0.1, 0.15) is 5.75 Å². The van der Waals surface area contributed by atoms with Gasteiger partial charge in [-0.25, -0.2) is 0 Å². The number of aromatic nitrogens is 1. The summed E-state index contributed by atoms with van der Waals surface area (Å²) in [5, 5.41) is 13.8. The Morgan fingerprint density at radius 1 is 1.33 bits per heavy atom. The van der Waals surface area contributed by atoms with Crippen LogP contribution in [0.3, 0.4) is 0 Å². The van der Waals surface area contributed by atoms with Crippen molar-refractivity contribution in [1.82, 2.24) is 10.3 Å². The fourth-order valence-electron chi connectivity index (χ4n) is 1.96. The second-order valence-electron chi connectivity index (χ2n) is 4.50. The van der Waals surface area contributed by atoms with E-state index in [4.69, 9.17) is 4.74 Å². The molecule has 0 spiro atoms. The number of hydrogen-bond donors (Lipinski definition) is 1. The van der Waals surface area contributed by atoms with E-state index in [1.807, 2.05) is 18.2 Å². The van der Waals surface area contributed by atoms with Crippen LogP contribution in [0.15, 0.2) is 42.6 Å². The molecule has 21 heavy (non-hydrogen) atoms. The molecule has 0 saturated carbocycles. The Morgan fingerprint density at radius 3 is 2.86 bits per heavy atom. The third-order valence-electron chi connectivity index (χ3n) is 2.96. The average molecular weight is 287 g/mol. The highest BCUT2D eigenvalue weighted by molar-refractivity contribution is 5.43. The molecule has 0 unspecified atom stereocenters. The Hall–Kier alpha value is -2.47. The predicted octanol–water partition coefficient (Wildman–Crippen LogP) is 2.33. The van der Waals surface area contributed by atoms with E-state index < -0.39 is 4.92 Å². The van der Waals surface area contributed by atoms with Gasteiger partial charge in [-0.15, -0.1) is 0 Å². The van der Waals surface area contributed by atoms with E-state index >= 15 is 0 Å². The summed E-state index contributed by atoms with van der Waals surface area (Å²) in [5.74, 6) is 0.658. The van der Waals surface area contributed by atoms with E-state index in [0.717, 1.165) is 11.3 Å². The Bertz CT molecular complexity index is 602. The van der Waals surface area contributed by atoms with Crippen molar-refractivity contribution in [2.24, 2.45) is 0 Å². The number of nitrogens with zero attached hydrogens (tertiary/aromatic N) is 2. The maximum atomic E-state index is 10.8. The van der Waals surface area contributed by atoms with Crippen LogP contribution in [-0.4, -0.2) is 23.6 Å². The molecule has 2 aromatic rings. The van der Waals surface area contributed by atoms with Gasteiger partial charge in [-0.3, -0.25) is 15.1 Å². The molecular formula is C15H17N3O3. The summed E-state index contributed by atoms with van der Waals surface area (Å²) in [6.07, 6.45) is 2.43. The predicted molar refractivity (Wildman–Crippen MR) is 79.3 cm³/mol. The van der Waals surface area contributed by atoms with Gasteiger partial charge in [-0.05, 0) is 25.2 Å². The average Bonchev–Trinajstić information content (AvgIpc) is 2.50. The van der Waals surface area contributed by atoms with Gasteiger partial charge in [0.25, 0.3) is 5.69 Å². The summed E-state index contributed by atoms with van der Waals surface area (Å²) < 4.78 is 5.73. The quantitative estimate of drug-likeness (QED) is 0.624. The maximum Gasteiger partial charge on any atom is 0.270 e. The Labute approximate surface area is 122 Å². The van der Waals surface area contributed by atoms with Gasteiger partial charge in [0.15, 0.2) is 0 Å². The van der Waals surface area contributed by atoms with Gasteiger partial charge in [-0.1, -0.05) is 6.07 Å². The minimum absolute atomic E-state index is 0.0670. The molecule has 1 aromatic heterocycles. The first kappa shape index (κ1) is 14.9. The first-order valence-electron chi connectivity index (χ1n) is 6.65. The number of benzene rings is 1. The lowest BCUT2D eigenvalue weighted by Crippen LogP contribution is -2.10. The molecule has 0 aliphatic heterocycles. The molecule has 1 aromatic carbocycles. The summed E-state index contributed by atoms with van der Waals surface area (Å²) >= 11 is 0. The topological polar surface area (TPSA) is 77.3 Å². The van der Waals surface area contributed by atoms with Gasteiger partial charge < -0.3 is 10.1 Å². The third kappa shape index (κ3) is 4.25. The van der Waals surface area contributed by atoms with Crippen LogP contribution in [0.4, 0.5) is 5.69 Å². The maximum absolute atomic E-state index is 10.8. The molecule has 6 heteroatoms. The molecule has 1 N–H and O–H groups in total. The zero-order chi connectivity index (χ0) is 15.1. The summed E-state index contributed by atoms with van der Waals surface area (Å²) in [7, 11) is 1.79. The van der Waals surface area contributed by atoms with E-state index in [-0.39, 0.29) is 5.69 Å². The Balaban J connectivity index is 2.03. The molecule has 0 radical (unpaired) electrons. The molecule has 2 rings (SSSR count). The number of hydrogen-bond acceptors (Lipinski definition) is 5. The zero-order valence-corrected chi connectivity index (χ0v) is 11.8. The minimum atomic E-state index is -0.406. The summed E-state index contributed by atoms with van der Waals surface area (Å²) in [6, 6.07) is 10.4. The zero-order valence-electron chi connectivity index (χ0n) is 11.8. The standard InChI is InChI=1S/C15H17N3O3/c1-16-11-12-10-14(18(19)20)5-6-15(12)21-9-7-13-4-2-3-8-17-13/h2-6,8,10,16H,7,9,11H2,1H3. The van der Waals surface area contributed by atoms with Crippen LogP contribution < -0.4 is 10.1 Å². The van der Waals surface area contributed by atoms with Crippen LogP contribution in [0.1, 0.15) is 11.3 Å². The number of nitro groups is 1. The molecule has 0 saturated heterocycles. The fourth-order valence-corrected chi connectivity index (χ4v) is 1.96. The number of pyridine rings is 1. The monoisotopic (exact) mass is 287 g/mol. The highest BCUT2D eigenvalue weighted by Gasteiger charge is 2.11. The lowest BCUT2D eigenvalue weighted by Gasteiger charge is -2.11. The molecule has 6 nitrogen and oxygen atoms in total. The van der Waals surface area contributed by atoms with Crippen LogP contribution in [0.25, 0.3) is 0 Å². The molecule has 0 aliphatic rings. The highest BCUT2D eigenvalue weighted by Crippen LogP contribution is 2.24. The van der Waals surface area contributed by atoms with Crippen molar-refractivity contribution in [1.29, 1.82) is 0 Å². The number of rotatable bonds is 7. The van der Waals surface area contributed by atoms with Crippen molar-refractivity contribution in [3.63, 3.8) is 0 Å². The fraction of sp³-hybridized carbons (Fsp3) is 0.267. The third-order valence-corrected chi connectivity index (χ3v) is 2.96. The normalized spacial score (nSPS) is 10.3. The molecular weight excluding hydrogens is 270 g/mol. The van der Waals surface area contributed by atoms with E-state index in [1.54, 1.807) is 19.3 Å². The van der Waals surface area contributed by atoms with Gasteiger partial charge in [0.2, 0.25) is 0 Å². The molecule has 0 aliphatic carbocycles. The molecule has 110 valence electrons. The highest BCUT2D eigenvalue weighted by atomic mass is 16.6. The van der Waals surface area contributed by atoms with Crippen molar-refractivity contribution in [3.05, 3.63) is 64.0 Å². The Kier molecular flexibility index (Phi) is 5.22. The largest absolute Gasteiger partial charge is 0.493 e. The van der Waals surface area contributed by atoms with E-state index in [2.05, 4.69) is 10.3 Å². The number of nitro benzene ring substituents is 1. The molecule has 0 fully saturated rings. The van der Waals surface area contributed by atoms with Crippen molar-refractivity contribution < 1.29 is 9.66 Å². The lowest BCUT2D eigenvalue weighted by atomic mass is 10.1. The number of ether oxygens (including phenoxy) is 1. The van der Waals surface area contributed by atoms with Gasteiger partial charge >= 0.3 is 0 Å². The smallest absolute Gasteiger partial charge is 0.270 e. The van der Waals surface area contributed by atoms with Crippen molar-refractivity contribution in [2.75, 3.05) is 13.7 Å². The van der Waals surface area contributed by atoms with Crippen LogP contribution >= 0.6 is 0 Å². The molecule has 1 heterocycles. The Morgan fingerprint density at radius 2 is 2.19 bits per heavy atom. The van der Waals surface area contributed by atoms with Crippen LogP contribution in [-0.2, 0) is 13.0 Å². The van der Waals surface area contributed by atoms with Gasteiger partial charge in [0.05, 0.1) is 11.5 Å². The molecule has 0 bridgehead atoms. The van der Waals surface area contributed by atoms with Crippen molar-refractivity contribution in [2.45, 2.75) is 13.0 Å². The van der Waals surface area contributed by atoms with Crippen molar-refractivity contribution in [3.8, 4) is 5.75 Å². The first-order chi connectivity index (χ1) is 10.2.